The zero-order valence-electron chi connectivity index (χ0n) is 11.3. The maximum Gasteiger partial charge on any atom is 0.263 e. The van der Waals surface area contributed by atoms with E-state index in [2.05, 4.69) is 4.98 Å². The molecule has 0 unspecified atom stereocenters. The Kier molecular flexibility index (Phi) is 4.20. The normalized spacial score (nSPS) is 10.2. The Morgan fingerprint density at radius 2 is 1.95 bits per heavy atom. The highest BCUT2D eigenvalue weighted by atomic mass is 16.2. The largest absolute Gasteiger partial charge is 0.399 e. The van der Waals surface area contributed by atoms with Crippen LogP contribution < -0.4 is 16.1 Å². The van der Waals surface area contributed by atoms with E-state index in [1.807, 2.05) is 6.92 Å². The van der Waals surface area contributed by atoms with Crippen LogP contribution in [0.5, 0.6) is 0 Å². The van der Waals surface area contributed by atoms with Crippen LogP contribution >= 0.6 is 0 Å². The molecule has 0 bridgehead atoms. The molecule has 3 N–H and O–H groups in total. The minimum absolute atomic E-state index is 0.137. The van der Waals surface area contributed by atoms with Gasteiger partial charge in [-0.1, -0.05) is 6.92 Å². The molecule has 2 aromatic rings. The summed E-state index contributed by atoms with van der Waals surface area (Å²) in [6, 6.07) is 8.38. The number of rotatable bonds is 4. The summed E-state index contributed by atoms with van der Waals surface area (Å²) in [4.78, 5) is 28.6. The van der Waals surface area contributed by atoms with Gasteiger partial charge < -0.3 is 15.6 Å². The number of nitrogen functional groups attached to an aromatic ring is 1. The first-order valence-electron chi connectivity index (χ1n) is 6.48. The maximum absolute atomic E-state index is 12.5. The van der Waals surface area contributed by atoms with Gasteiger partial charge in [0.25, 0.3) is 5.91 Å². The van der Waals surface area contributed by atoms with Crippen LogP contribution in [0.3, 0.4) is 0 Å². The lowest BCUT2D eigenvalue weighted by atomic mass is 10.2. The van der Waals surface area contributed by atoms with Crippen molar-refractivity contribution in [1.29, 1.82) is 0 Å². The molecule has 2 rings (SSSR count). The first-order chi connectivity index (χ1) is 9.63. The number of hydrogen-bond acceptors (Lipinski definition) is 3. The lowest BCUT2D eigenvalue weighted by Gasteiger charge is -2.22. The molecule has 5 heteroatoms. The van der Waals surface area contributed by atoms with Crippen molar-refractivity contribution in [2.24, 2.45) is 0 Å². The fourth-order valence-corrected chi connectivity index (χ4v) is 1.95. The van der Waals surface area contributed by atoms with Crippen LogP contribution in [-0.4, -0.2) is 17.4 Å². The van der Waals surface area contributed by atoms with Crippen molar-refractivity contribution in [3.05, 3.63) is 58.5 Å². The predicted octanol–water partition coefficient (Wildman–Crippen LogP) is 2.01. The number of carbonyl (C=O) groups is 1. The van der Waals surface area contributed by atoms with E-state index in [1.165, 1.54) is 18.5 Å². The Hall–Kier alpha value is -2.56. The number of nitrogens with zero attached hydrogens (tertiary/aromatic N) is 1. The molecule has 104 valence electrons. The molecule has 0 saturated carbocycles. The van der Waals surface area contributed by atoms with Crippen LogP contribution in [0, 0.1) is 0 Å². The van der Waals surface area contributed by atoms with Crippen molar-refractivity contribution in [3.8, 4) is 0 Å². The van der Waals surface area contributed by atoms with Crippen LogP contribution in [0.4, 0.5) is 11.4 Å². The smallest absolute Gasteiger partial charge is 0.263 e. The van der Waals surface area contributed by atoms with E-state index >= 15 is 0 Å². The summed E-state index contributed by atoms with van der Waals surface area (Å²) in [5.74, 6) is -0.307. The van der Waals surface area contributed by atoms with Gasteiger partial charge in [0.2, 0.25) is 0 Å². The zero-order valence-corrected chi connectivity index (χ0v) is 11.3. The summed E-state index contributed by atoms with van der Waals surface area (Å²) in [6.45, 7) is 2.52. The predicted molar refractivity (Wildman–Crippen MR) is 79.9 cm³/mol. The summed E-state index contributed by atoms with van der Waals surface area (Å²) in [5, 5.41) is 0. The number of carbonyl (C=O) groups excluding carboxylic acids is 1. The number of amides is 1. The van der Waals surface area contributed by atoms with Gasteiger partial charge >= 0.3 is 0 Å². The molecule has 0 aliphatic rings. The number of hydrogen-bond donors (Lipinski definition) is 2. The molecular formula is C15H17N3O2. The molecule has 0 aliphatic carbocycles. The second-order valence-corrected chi connectivity index (χ2v) is 4.47. The zero-order chi connectivity index (χ0) is 14.5. The highest BCUT2D eigenvalue weighted by Gasteiger charge is 2.19. The van der Waals surface area contributed by atoms with Crippen molar-refractivity contribution in [2.75, 3.05) is 17.2 Å². The lowest BCUT2D eigenvalue weighted by molar-refractivity contribution is 0.0985. The van der Waals surface area contributed by atoms with Crippen molar-refractivity contribution >= 4 is 17.3 Å². The van der Waals surface area contributed by atoms with Gasteiger partial charge in [0, 0.05) is 36.4 Å². The summed E-state index contributed by atoms with van der Waals surface area (Å²) >= 11 is 0. The highest BCUT2D eigenvalue weighted by molar-refractivity contribution is 6.05. The van der Waals surface area contributed by atoms with Crippen LogP contribution in [0.25, 0.3) is 0 Å². The fourth-order valence-electron chi connectivity index (χ4n) is 1.95. The SMILES string of the molecule is CCCN(C(=O)c1c[nH]ccc1=O)c1ccc(N)cc1. The standard InChI is InChI=1S/C15H17N3O2/c1-2-9-18(12-5-3-11(16)4-6-12)15(20)13-10-17-8-7-14(13)19/h3-8,10H,2,9,16H2,1H3,(H,17,19). The van der Waals surface area contributed by atoms with E-state index in [4.69, 9.17) is 5.73 Å². The lowest BCUT2D eigenvalue weighted by Crippen LogP contribution is -2.34. The molecule has 0 aliphatic heterocycles. The Bertz CT molecular complexity index is 647. The van der Waals surface area contributed by atoms with Gasteiger partial charge in [-0.15, -0.1) is 0 Å². The first kappa shape index (κ1) is 13.9. The quantitative estimate of drug-likeness (QED) is 0.835. The third-order valence-corrected chi connectivity index (χ3v) is 2.95. The number of H-pyrrole nitrogens is 1. The molecular weight excluding hydrogens is 254 g/mol. The van der Waals surface area contributed by atoms with E-state index in [-0.39, 0.29) is 16.9 Å². The average molecular weight is 271 g/mol. The van der Waals surface area contributed by atoms with Gasteiger partial charge in [-0.25, -0.2) is 0 Å². The molecule has 5 nitrogen and oxygen atoms in total. The number of aromatic nitrogens is 1. The third kappa shape index (κ3) is 2.88. The van der Waals surface area contributed by atoms with E-state index in [0.717, 1.165) is 12.1 Å². The number of anilines is 2. The fraction of sp³-hybridized carbons (Fsp3) is 0.200. The second-order valence-electron chi connectivity index (χ2n) is 4.47. The van der Waals surface area contributed by atoms with Gasteiger partial charge in [0.15, 0.2) is 5.43 Å². The maximum atomic E-state index is 12.5. The molecule has 0 spiro atoms. The Morgan fingerprint density at radius 1 is 1.25 bits per heavy atom. The van der Waals surface area contributed by atoms with Gasteiger partial charge in [-0.05, 0) is 30.7 Å². The van der Waals surface area contributed by atoms with Gasteiger partial charge in [-0.2, -0.15) is 0 Å². The summed E-state index contributed by atoms with van der Waals surface area (Å²) < 4.78 is 0. The van der Waals surface area contributed by atoms with E-state index in [9.17, 15) is 9.59 Å². The minimum Gasteiger partial charge on any atom is -0.399 e. The molecule has 1 aromatic heterocycles. The van der Waals surface area contributed by atoms with Crippen molar-refractivity contribution in [2.45, 2.75) is 13.3 Å². The molecule has 20 heavy (non-hydrogen) atoms. The van der Waals surface area contributed by atoms with E-state index < -0.39 is 0 Å². The summed E-state index contributed by atoms with van der Waals surface area (Å²) in [6.07, 6.45) is 3.73. The molecule has 1 amide bonds. The molecule has 0 saturated heterocycles. The van der Waals surface area contributed by atoms with E-state index in [0.29, 0.717) is 12.2 Å². The number of nitrogens with one attached hydrogen (secondary N) is 1. The third-order valence-electron chi connectivity index (χ3n) is 2.95. The second kappa shape index (κ2) is 6.06. The van der Waals surface area contributed by atoms with Gasteiger partial charge in [0.1, 0.15) is 5.56 Å². The monoisotopic (exact) mass is 271 g/mol. The molecule has 0 atom stereocenters. The number of pyridine rings is 1. The topological polar surface area (TPSA) is 79.2 Å². The first-order valence-corrected chi connectivity index (χ1v) is 6.48. The van der Waals surface area contributed by atoms with Crippen LogP contribution in [0.1, 0.15) is 23.7 Å². The van der Waals surface area contributed by atoms with Crippen LogP contribution in [0.15, 0.2) is 47.5 Å². The van der Waals surface area contributed by atoms with Crippen molar-refractivity contribution in [3.63, 3.8) is 0 Å². The van der Waals surface area contributed by atoms with Crippen LogP contribution in [-0.2, 0) is 0 Å². The summed E-state index contributed by atoms with van der Waals surface area (Å²) in [5.41, 5.74) is 6.87. The number of aromatic amines is 1. The minimum atomic E-state index is -0.307. The Balaban J connectivity index is 2.38. The van der Waals surface area contributed by atoms with Gasteiger partial charge in [0.05, 0.1) is 0 Å². The number of benzene rings is 1. The molecule has 1 heterocycles. The van der Waals surface area contributed by atoms with Gasteiger partial charge in [-0.3, -0.25) is 9.59 Å². The number of nitrogens with two attached hydrogens (primary N) is 1. The van der Waals surface area contributed by atoms with Crippen LogP contribution in [0.2, 0.25) is 0 Å². The molecule has 1 aromatic carbocycles. The Labute approximate surface area is 117 Å². The average Bonchev–Trinajstić information content (AvgIpc) is 2.46. The summed E-state index contributed by atoms with van der Waals surface area (Å²) in [7, 11) is 0. The molecule has 0 radical (unpaired) electrons. The van der Waals surface area contributed by atoms with E-state index in [1.54, 1.807) is 29.2 Å². The molecule has 0 fully saturated rings. The highest BCUT2D eigenvalue weighted by Crippen LogP contribution is 2.18. The Morgan fingerprint density at radius 3 is 2.55 bits per heavy atom. The van der Waals surface area contributed by atoms with Crippen molar-refractivity contribution in [1.82, 2.24) is 4.98 Å². The van der Waals surface area contributed by atoms with Crippen molar-refractivity contribution < 1.29 is 4.79 Å².